The summed E-state index contributed by atoms with van der Waals surface area (Å²) in [5.74, 6) is -0.886. The van der Waals surface area contributed by atoms with Gasteiger partial charge in [-0.25, -0.2) is 4.79 Å². The molecular formula is C31H51B5O8S2. The number of aliphatic hydroxyl groups is 4. The Balaban J connectivity index is 1.62. The highest BCUT2D eigenvalue weighted by molar-refractivity contribution is 7.95. The Morgan fingerprint density at radius 1 is 1.02 bits per heavy atom. The summed E-state index contributed by atoms with van der Waals surface area (Å²) in [6.45, 7) is 4.33. The number of hydrogen-bond acceptors (Lipinski definition) is 10. The normalized spacial score (nSPS) is 50.1. The van der Waals surface area contributed by atoms with E-state index in [-0.39, 0.29) is 41.6 Å². The van der Waals surface area contributed by atoms with E-state index in [2.05, 4.69) is 29.6 Å². The molecule has 8 nitrogen and oxygen atoms in total. The zero-order valence-electron chi connectivity index (χ0n) is 28.8. The van der Waals surface area contributed by atoms with Crippen molar-refractivity contribution < 1.29 is 38.9 Å². The van der Waals surface area contributed by atoms with Crippen molar-refractivity contribution in [3.63, 3.8) is 0 Å². The molecule has 0 heterocycles. The van der Waals surface area contributed by atoms with E-state index in [1.54, 1.807) is 19.9 Å². The minimum Gasteiger partial charge on any atom is -0.457 e. The fraction of sp³-hybridized carbons (Fsp3) is 0.806. The summed E-state index contributed by atoms with van der Waals surface area (Å²) in [6, 6.07) is 0. The van der Waals surface area contributed by atoms with Gasteiger partial charge in [0.1, 0.15) is 45.3 Å². The highest BCUT2D eigenvalue weighted by atomic mass is 32.2. The first-order valence-electron chi connectivity index (χ1n) is 17.0. The van der Waals surface area contributed by atoms with Crippen molar-refractivity contribution in [1.82, 2.24) is 0 Å². The summed E-state index contributed by atoms with van der Waals surface area (Å²) in [7, 11) is 11.0. The highest BCUT2D eigenvalue weighted by Crippen LogP contribution is 2.81. The zero-order chi connectivity index (χ0) is 34.3. The lowest BCUT2D eigenvalue weighted by Gasteiger charge is -2.73. The Hall–Kier alpha value is -0.715. The van der Waals surface area contributed by atoms with E-state index in [0.29, 0.717) is 24.8 Å². The molecule has 250 valence electrons. The van der Waals surface area contributed by atoms with Crippen LogP contribution < -0.4 is 0 Å². The maximum Gasteiger partial charge on any atom is 0.333 e. The van der Waals surface area contributed by atoms with Crippen LogP contribution in [0.15, 0.2) is 23.3 Å². The minimum absolute atomic E-state index is 0.0444. The molecule has 0 aromatic carbocycles. The van der Waals surface area contributed by atoms with Crippen molar-refractivity contribution in [2.75, 3.05) is 13.2 Å². The van der Waals surface area contributed by atoms with Gasteiger partial charge < -0.3 is 29.3 Å². The molecule has 15 heteroatoms. The van der Waals surface area contributed by atoms with E-state index in [1.807, 2.05) is 15.7 Å². The van der Waals surface area contributed by atoms with Crippen molar-refractivity contribution in [2.24, 2.45) is 23.2 Å². The van der Waals surface area contributed by atoms with Crippen molar-refractivity contribution in [1.29, 1.82) is 0 Å². The first kappa shape index (κ1) is 36.6. The average Bonchev–Trinajstić information content (AvgIpc) is 2.99. The zero-order valence-corrected chi connectivity index (χ0v) is 30.5. The monoisotopic (exact) mass is 670 g/mol. The number of ether oxygens (including phenoxy) is 1. The van der Waals surface area contributed by atoms with Crippen LogP contribution in [-0.4, -0.2) is 113 Å². The number of hydrogen-bond donors (Lipinski definition) is 5. The molecule has 4 saturated carbocycles. The molecule has 5 rings (SSSR count). The molecule has 5 aliphatic rings. The van der Waals surface area contributed by atoms with Crippen LogP contribution in [0.5, 0.6) is 0 Å². The van der Waals surface area contributed by atoms with Crippen molar-refractivity contribution in [3.8, 4) is 0 Å². The van der Waals surface area contributed by atoms with Gasteiger partial charge in [-0.1, -0.05) is 47.6 Å². The maximum atomic E-state index is 13.2. The minimum atomic E-state index is -1.16. The average molecular weight is 670 g/mol. The Morgan fingerprint density at radius 2 is 1.70 bits per heavy atom. The fourth-order valence-electron chi connectivity index (χ4n) is 11.4. The first-order chi connectivity index (χ1) is 21.3. The largest absolute Gasteiger partial charge is 0.457 e. The smallest absolute Gasteiger partial charge is 0.333 e. The SMILES string of the molecule is B[C@]12CC[C@H](O)[C@](B)(CO)C1CC[C@]1(B)C2CC=C2C3C[C@@](B)(S)[C@@H](OC(=O)/C(C)=C\C)[C@H](SOC(C)=O)[C@]3(CO)[C@H](O)C[C@]21B. The number of aliphatic hydroxyl groups excluding tert-OH is 4. The van der Waals surface area contributed by atoms with Crippen LogP contribution in [0.4, 0.5) is 0 Å². The van der Waals surface area contributed by atoms with E-state index in [0.717, 1.165) is 37.7 Å². The number of carbonyl (C=O) groups excluding carboxylic acids is 2. The Kier molecular flexibility index (Phi) is 9.74. The molecule has 0 spiro atoms. The summed E-state index contributed by atoms with van der Waals surface area (Å²) in [5, 5.41) is 43.4. The van der Waals surface area contributed by atoms with Crippen LogP contribution in [0.1, 0.15) is 65.7 Å². The summed E-state index contributed by atoms with van der Waals surface area (Å²) in [4.78, 5) is 25.3. The molecule has 13 atom stereocenters. The molecule has 0 saturated heterocycles. The van der Waals surface area contributed by atoms with Crippen LogP contribution in [0.3, 0.4) is 0 Å². The molecule has 0 radical (unpaired) electrons. The summed E-state index contributed by atoms with van der Waals surface area (Å²) in [6.07, 6.45) is 6.64. The Labute approximate surface area is 288 Å². The van der Waals surface area contributed by atoms with E-state index in [1.165, 1.54) is 12.5 Å². The van der Waals surface area contributed by atoms with Crippen LogP contribution in [0.2, 0.25) is 21.3 Å². The molecule has 4 fully saturated rings. The summed E-state index contributed by atoms with van der Waals surface area (Å²) < 4.78 is 10.8. The molecule has 46 heavy (non-hydrogen) atoms. The van der Waals surface area contributed by atoms with Gasteiger partial charge in [-0.2, -0.15) is 12.6 Å². The molecular weight excluding hydrogens is 619 g/mol. The molecule has 0 aliphatic heterocycles. The molecule has 4 N–H and O–H groups in total. The number of esters is 1. The fourth-order valence-corrected chi connectivity index (χ4v) is 13.2. The number of thiol groups is 1. The van der Waals surface area contributed by atoms with Crippen LogP contribution in [-0.2, 0) is 18.5 Å². The second-order valence-electron chi connectivity index (χ2n) is 16.5. The van der Waals surface area contributed by atoms with Crippen molar-refractivity contribution >= 4 is 75.8 Å². The van der Waals surface area contributed by atoms with Gasteiger partial charge in [0.05, 0.1) is 36.1 Å². The lowest BCUT2D eigenvalue weighted by Crippen LogP contribution is -2.71. The van der Waals surface area contributed by atoms with Crippen LogP contribution in [0.25, 0.3) is 0 Å². The van der Waals surface area contributed by atoms with Crippen molar-refractivity contribution in [2.45, 2.75) is 115 Å². The lowest BCUT2D eigenvalue weighted by molar-refractivity contribution is -0.162. The second-order valence-corrected chi connectivity index (χ2v) is 18.4. The number of allylic oxidation sites excluding steroid dienone is 3. The van der Waals surface area contributed by atoms with Gasteiger partial charge in [0.15, 0.2) is 0 Å². The van der Waals surface area contributed by atoms with E-state index in [4.69, 9.17) is 21.5 Å². The molecule has 0 aromatic rings. The molecule has 5 aliphatic carbocycles. The molecule has 3 unspecified atom stereocenters. The number of fused-ring (bicyclic) bond motifs is 7. The van der Waals surface area contributed by atoms with Gasteiger partial charge in [0.25, 0.3) is 0 Å². The highest BCUT2D eigenvalue weighted by Gasteiger charge is 2.73. The summed E-state index contributed by atoms with van der Waals surface area (Å²) in [5.41, 5.74) is 0.483. The third-order valence-electron chi connectivity index (χ3n) is 14.5. The van der Waals surface area contributed by atoms with Crippen LogP contribution >= 0.6 is 24.7 Å². The maximum absolute atomic E-state index is 13.2. The topological polar surface area (TPSA) is 134 Å². The Morgan fingerprint density at radius 3 is 2.28 bits per heavy atom. The van der Waals surface area contributed by atoms with Gasteiger partial charge in [0.2, 0.25) is 0 Å². The van der Waals surface area contributed by atoms with Gasteiger partial charge in [-0.05, 0) is 67.9 Å². The van der Waals surface area contributed by atoms with E-state index < -0.39 is 56.2 Å². The van der Waals surface area contributed by atoms with Gasteiger partial charge in [-0.15, -0.1) is 0 Å². The van der Waals surface area contributed by atoms with Gasteiger partial charge in [-0.3, -0.25) is 4.79 Å². The van der Waals surface area contributed by atoms with Crippen LogP contribution in [0, 0.1) is 23.2 Å². The van der Waals surface area contributed by atoms with E-state index in [9.17, 15) is 30.0 Å². The molecule has 0 amide bonds. The molecule has 0 aromatic heterocycles. The summed E-state index contributed by atoms with van der Waals surface area (Å²) >= 11 is 6.01. The predicted molar refractivity (Wildman–Crippen MR) is 197 cm³/mol. The standard InChI is InChI=1S/C31H51B5O8S2/c1-4-15(2)25(42)43-23-24(46-44-16(3)39)26(13-37)18(11-31(23,36)45)17-5-6-20-27(32)9-8-21(40)28(33,14-38)19(27)7-10-29(20,34)30(17,35)12-22(26)41/h4-5,18-24,37-38,40-41,45H,6-14,32-36H2,1-3H3/b15-4-/t18?,19?,20?,21-,22+,23-,24-,26-,27+,28-,29-,30-,31+/m0/s1. The predicted octanol–water partition coefficient (Wildman–Crippen LogP) is -0.863. The number of rotatable bonds is 6. The second kappa shape index (κ2) is 12.3. The first-order valence-corrected chi connectivity index (χ1v) is 18.3. The quantitative estimate of drug-likeness (QED) is 0.0612. The van der Waals surface area contributed by atoms with Gasteiger partial charge >= 0.3 is 11.9 Å². The Bertz CT molecular complexity index is 1320. The van der Waals surface area contributed by atoms with E-state index >= 15 is 0 Å². The third-order valence-corrected chi connectivity index (χ3v) is 16.1. The third kappa shape index (κ3) is 5.01. The van der Waals surface area contributed by atoms with Crippen molar-refractivity contribution in [3.05, 3.63) is 23.3 Å². The molecule has 0 bridgehead atoms. The van der Waals surface area contributed by atoms with Gasteiger partial charge in [0, 0.05) is 29.2 Å². The lowest BCUT2D eigenvalue weighted by atomic mass is 9.21. The number of carbonyl (C=O) groups is 2.